The van der Waals surface area contributed by atoms with Crippen LogP contribution in [0.4, 0.5) is 0 Å². The SMILES string of the molecule is CCN(CC)CCNC(C(N)=O)c1cccc(Cl)c1. The highest BCUT2D eigenvalue weighted by Crippen LogP contribution is 2.17. The molecule has 1 atom stereocenters. The lowest BCUT2D eigenvalue weighted by Gasteiger charge is -2.21. The summed E-state index contributed by atoms with van der Waals surface area (Å²) in [5.41, 5.74) is 6.25. The van der Waals surface area contributed by atoms with Crippen molar-refractivity contribution in [2.24, 2.45) is 5.73 Å². The Labute approximate surface area is 119 Å². The Morgan fingerprint density at radius 3 is 2.63 bits per heavy atom. The van der Waals surface area contributed by atoms with Crippen molar-refractivity contribution >= 4 is 17.5 Å². The Balaban J connectivity index is 2.62. The van der Waals surface area contributed by atoms with Gasteiger partial charge < -0.3 is 16.0 Å². The minimum Gasteiger partial charge on any atom is -0.368 e. The molecular weight excluding hydrogens is 262 g/mol. The molecule has 1 aromatic carbocycles. The first kappa shape index (κ1) is 16.0. The zero-order chi connectivity index (χ0) is 14.3. The molecule has 0 saturated carbocycles. The van der Waals surface area contributed by atoms with E-state index in [1.807, 2.05) is 12.1 Å². The zero-order valence-electron chi connectivity index (χ0n) is 11.5. The first-order chi connectivity index (χ1) is 9.08. The van der Waals surface area contributed by atoms with E-state index >= 15 is 0 Å². The molecule has 0 saturated heterocycles. The van der Waals surface area contributed by atoms with Crippen molar-refractivity contribution < 1.29 is 4.79 Å². The molecule has 3 N–H and O–H groups in total. The van der Waals surface area contributed by atoms with Gasteiger partial charge in [0.25, 0.3) is 0 Å². The summed E-state index contributed by atoms with van der Waals surface area (Å²) >= 11 is 5.93. The van der Waals surface area contributed by atoms with E-state index in [4.69, 9.17) is 17.3 Å². The van der Waals surface area contributed by atoms with Gasteiger partial charge in [-0.05, 0) is 30.8 Å². The third kappa shape index (κ3) is 5.19. The first-order valence-electron chi connectivity index (χ1n) is 6.59. The van der Waals surface area contributed by atoms with Crippen LogP contribution in [0.25, 0.3) is 0 Å². The minimum absolute atomic E-state index is 0.387. The van der Waals surface area contributed by atoms with Gasteiger partial charge in [-0.25, -0.2) is 0 Å². The van der Waals surface area contributed by atoms with Gasteiger partial charge in [0.05, 0.1) is 0 Å². The Hall–Kier alpha value is -1.10. The lowest BCUT2D eigenvalue weighted by atomic mass is 10.1. The van der Waals surface area contributed by atoms with E-state index in [1.54, 1.807) is 12.1 Å². The van der Waals surface area contributed by atoms with Crippen LogP contribution in [0.1, 0.15) is 25.5 Å². The van der Waals surface area contributed by atoms with Crippen LogP contribution in [-0.4, -0.2) is 37.0 Å². The molecule has 5 heteroatoms. The second kappa shape index (κ2) is 8.15. The summed E-state index contributed by atoms with van der Waals surface area (Å²) in [6.45, 7) is 7.82. The van der Waals surface area contributed by atoms with E-state index in [0.29, 0.717) is 11.6 Å². The molecule has 0 bridgehead atoms. The van der Waals surface area contributed by atoms with Crippen LogP contribution in [-0.2, 0) is 4.79 Å². The highest BCUT2D eigenvalue weighted by atomic mass is 35.5. The number of nitrogens with two attached hydrogens (primary N) is 1. The van der Waals surface area contributed by atoms with Crippen LogP contribution in [0.15, 0.2) is 24.3 Å². The van der Waals surface area contributed by atoms with Crippen molar-refractivity contribution in [3.05, 3.63) is 34.9 Å². The largest absolute Gasteiger partial charge is 0.368 e. The predicted octanol–water partition coefficient (Wildman–Crippen LogP) is 1.80. The van der Waals surface area contributed by atoms with Gasteiger partial charge in [0.2, 0.25) is 5.91 Å². The third-order valence-corrected chi connectivity index (χ3v) is 3.37. The van der Waals surface area contributed by atoms with Gasteiger partial charge >= 0.3 is 0 Å². The number of carbonyl (C=O) groups excluding carboxylic acids is 1. The van der Waals surface area contributed by atoms with Crippen molar-refractivity contribution in [3.63, 3.8) is 0 Å². The fraction of sp³-hybridized carbons (Fsp3) is 0.500. The summed E-state index contributed by atoms with van der Waals surface area (Å²) < 4.78 is 0. The summed E-state index contributed by atoms with van der Waals surface area (Å²) in [5.74, 6) is -0.387. The highest BCUT2D eigenvalue weighted by molar-refractivity contribution is 6.30. The standard InChI is InChI=1S/C14H22ClN3O/c1-3-18(4-2)9-8-17-13(14(16)19)11-6-5-7-12(15)10-11/h5-7,10,13,17H,3-4,8-9H2,1-2H3,(H2,16,19). The number of amides is 1. The van der Waals surface area contributed by atoms with E-state index in [2.05, 4.69) is 24.1 Å². The van der Waals surface area contributed by atoms with Crippen molar-refractivity contribution in [1.82, 2.24) is 10.2 Å². The van der Waals surface area contributed by atoms with Crippen LogP contribution < -0.4 is 11.1 Å². The molecule has 19 heavy (non-hydrogen) atoms. The molecule has 0 radical (unpaired) electrons. The smallest absolute Gasteiger partial charge is 0.239 e. The zero-order valence-corrected chi connectivity index (χ0v) is 12.3. The van der Waals surface area contributed by atoms with Crippen LogP contribution in [0.5, 0.6) is 0 Å². The fourth-order valence-corrected chi connectivity index (χ4v) is 2.17. The highest BCUT2D eigenvalue weighted by Gasteiger charge is 2.17. The van der Waals surface area contributed by atoms with E-state index in [1.165, 1.54) is 0 Å². The number of hydrogen-bond donors (Lipinski definition) is 2. The minimum atomic E-state index is -0.491. The van der Waals surface area contributed by atoms with Crippen molar-refractivity contribution in [2.45, 2.75) is 19.9 Å². The maximum absolute atomic E-state index is 11.5. The van der Waals surface area contributed by atoms with Crippen molar-refractivity contribution in [2.75, 3.05) is 26.2 Å². The van der Waals surface area contributed by atoms with Crippen LogP contribution in [0, 0.1) is 0 Å². The van der Waals surface area contributed by atoms with Gasteiger partial charge in [-0.2, -0.15) is 0 Å². The number of hydrogen-bond acceptors (Lipinski definition) is 3. The number of halogens is 1. The summed E-state index contributed by atoms with van der Waals surface area (Å²) in [6, 6.07) is 6.72. The number of carbonyl (C=O) groups is 1. The molecule has 0 spiro atoms. The van der Waals surface area contributed by atoms with Gasteiger partial charge in [-0.15, -0.1) is 0 Å². The van der Waals surface area contributed by atoms with E-state index < -0.39 is 6.04 Å². The molecule has 0 heterocycles. The molecular formula is C14H22ClN3O. The lowest BCUT2D eigenvalue weighted by molar-refractivity contribution is -0.120. The topological polar surface area (TPSA) is 58.4 Å². The maximum atomic E-state index is 11.5. The van der Waals surface area contributed by atoms with Crippen LogP contribution in [0.2, 0.25) is 5.02 Å². The summed E-state index contributed by atoms with van der Waals surface area (Å²) in [7, 11) is 0. The predicted molar refractivity (Wildman–Crippen MR) is 79.2 cm³/mol. The quantitative estimate of drug-likeness (QED) is 0.765. The number of nitrogens with zero attached hydrogens (tertiary/aromatic N) is 1. The first-order valence-corrected chi connectivity index (χ1v) is 6.96. The normalized spacial score (nSPS) is 12.6. The van der Waals surface area contributed by atoms with Gasteiger partial charge in [0.1, 0.15) is 6.04 Å². The van der Waals surface area contributed by atoms with E-state index in [9.17, 15) is 4.79 Å². The molecule has 1 aromatic rings. The molecule has 1 unspecified atom stereocenters. The number of rotatable bonds is 8. The van der Waals surface area contributed by atoms with Crippen molar-refractivity contribution in [3.8, 4) is 0 Å². The maximum Gasteiger partial charge on any atom is 0.239 e. The van der Waals surface area contributed by atoms with Crippen LogP contribution >= 0.6 is 11.6 Å². The Morgan fingerprint density at radius 2 is 2.11 bits per heavy atom. The molecule has 106 valence electrons. The molecule has 1 rings (SSSR count). The number of benzene rings is 1. The van der Waals surface area contributed by atoms with Gasteiger partial charge in [-0.3, -0.25) is 4.79 Å². The number of likely N-dealkylation sites (N-methyl/N-ethyl adjacent to an activating group) is 1. The van der Waals surface area contributed by atoms with Crippen LogP contribution in [0.3, 0.4) is 0 Å². The Morgan fingerprint density at radius 1 is 1.42 bits per heavy atom. The monoisotopic (exact) mass is 283 g/mol. The average molecular weight is 284 g/mol. The van der Waals surface area contributed by atoms with E-state index in [-0.39, 0.29) is 5.91 Å². The third-order valence-electron chi connectivity index (χ3n) is 3.14. The molecule has 0 aliphatic carbocycles. The summed E-state index contributed by atoms with van der Waals surface area (Å²) in [4.78, 5) is 13.8. The molecule has 1 amide bonds. The molecule has 0 aliphatic rings. The molecule has 4 nitrogen and oxygen atoms in total. The van der Waals surface area contributed by atoms with Gasteiger partial charge in [0.15, 0.2) is 0 Å². The number of primary amides is 1. The lowest BCUT2D eigenvalue weighted by Crippen LogP contribution is -2.38. The Bertz CT molecular complexity index is 407. The number of nitrogens with one attached hydrogen (secondary N) is 1. The Kier molecular flexibility index (Phi) is 6.84. The van der Waals surface area contributed by atoms with E-state index in [0.717, 1.165) is 25.2 Å². The second-order valence-corrected chi connectivity index (χ2v) is 4.81. The molecule has 0 aromatic heterocycles. The fourth-order valence-electron chi connectivity index (χ4n) is 1.98. The average Bonchev–Trinajstić information content (AvgIpc) is 2.38. The van der Waals surface area contributed by atoms with Crippen molar-refractivity contribution in [1.29, 1.82) is 0 Å². The summed E-state index contributed by atoms with van der Waals surface area (Å²) in [5, 5.41) is 3.79. The molecule has 0 fully saturated rings. The molecule has 0 aliphatic heterocycles. The summed E-state index contributed by atoms with van der Waals surface area (Å²) in [6.07, 6.45) is 0. The van der Waals surface area contributed by atoms with Gasteiger partial charge in [0, 0.05) is 18.1 Å². The second-order valence-electron chi connectivity index (χ2n) is 4.37. The van der Waals surface area contributed by atoms with Gasteiger partial charge in [-0.1, -0.05) is 37.6 Å².